The molecule has 1 aromatic carbocycles. The van der Waals surface area contributed by atoms with Crippen molar-refractivity contribution in [2.24, 2.45) is 0 Å². The number of carbonyl (C=O) groups is 2. The summed E-state index contributed by atoms with van der Waals surface area (Å²) in [5.41, 5.74) is 1.28. The Morgan fingerprint density at radius 2 is 2.12 bits per heavy atom. The van der Waals surface area contributed by atoms with Crippen LogP contribution in [0.2, 0.25) is 0 Å². The highest BCUT2D eigenvalue weighted by Crippen LogP contribution is 2.37. The van der Waals surface area contributed by atoms with Crippen molar-refractivity contribution in [3.05, 3.63) is 57.6 Å². The number of nitro benzene ring substituents is 1. The quantitative estimate of drug-likeness (QED) is 0.225. The van der Waals surface area contributed by atoms with Gasteiger partial charge in [-0.1, -0.05) is 11.8 Å². The molecular weight excluding hydrogens is 470 g/mol. The van der Waals surface area contributed by atoms with Crippen LogP contribution in [0.1, 0.15) is 23.0 Å². The van der Waals surface area contributed by atoms with E-state index in [0.717, 1.165) is 23.5 Å². The second kappa shape index (κ2) is 9.30. The van der Waals surface area contributed by atoms with E-state index in [1.165, 1.54) is 43.0 Å². The van der Waals surface area contributed by atoms with Gasteiger partial charge in [-0.05, 0) is 26.0 Å². The summed E-state index contributed by atoms with van der Waals surface area (Å²) in [6, 6.07) is 3.98. The van der Waals surface area contributed by atoms with Gasteiger partial charge in [0.15, 0.2) is 21.9 Å². The maximum Gasteiger partial charge on any atom is 0.339 e. The summed E-state index contributed by atoms with van der Waals surface area (Å²) in [7, 11) is 0. The molecule has 12 nitrogen and oxygen atoms in total. The monoisotopic (exact) mass is 485 g/mol. The molecule has 4 aromatic rings. The minimum atomic E-state index is -1.20. The first-order chi connectivity index (χ1) is 15.8. The average Bonchev–Trinajstić information content (AvgIpc) is 3.43. The molecular formula is C19H15N7O5S2. The number of aromatic amines is 1. The summed E-state index contributed by atoms with van der Waals surface area (Å²) < 4.78 is 5.85. The van der Waals surface area contributed by atoms with Crippen LogP contribution in [0.3, 0.4) is 0 Å². The van der Waals surface area contributed by atoms with Gasteiger partial charge in [-0.25, -0.2) is 24.7 Å². The van der Waals surface area contributed by atoms with E-state index < -0.39 is 22.9 Å². The van der Waals surface area contributed by atoms with E-state index in [2.05, 4.69) is 30.2 Å². The van der Waals surface area contributed by atoms with Crippen molar-refractivity contribution >= 4 is 57.6 Å². The Bertz CT molecular complexity index is 1370. The van der Waals surface area contributed by atoms with Crippen LogP contribution < -0.4 is 5.32 Å². The minimum Gasteiger partial charge on any atom is -0.449 e. The number of benzene rings is 1. The van der Waals surface area contributed by atoms with Crippen molar-refractivity contribution in [3.63, 3.8) is 0 Å². The van der Waals surface area contributed by atoms with E-state index >= 15 is 0 Å². The standard InChI is InChI=1S/C19H15N7O5S2/c1-9-6-32-19(24-9)33-13-4-3-11(5-12(13)26(29)30)18(28)31-10(2)17(27)25-16-14-15(21-7-20-14)22-8-23-16/h3-8,10H,1-2H3,(H2,20,21,22,23,25,27). The number of anilines is 1. The summed E-state index contributed by atoms with van der Waals surface area (Å²) in [4.78, 5) is 55.3. The molecule has 0 aliphatic carbocycles. The summed E-state index contributed by atoms with van der Waals surface area (Å²) >= 11 is 2.50. The lowest BCUT2D eigenvalue weighted by atomic mass is 10.2. The molecule has 2 N–H and O–H groups in total. The number of esters is 1. The molecule has 0 aliphatic rings. The molecule has 1 unspecified atom stereocenters. The van der Waals surface area contributed by atoms with E-state index in [1.807, 2.05) is 12.3 Å². The number of aromatic nitrogens is 5. The molecule has 0 saturated carbocycles. The van der Waals surface area contributed by atoms with E-state index in [0.29, 0.717) is 20.4 Å². The SMILES string of the molecule is Cc1csc(Sc2ccc(C(=O)OC(C)C(=O)Nc3ncnc4nc[nH]c34)cc2[N+](=O)[O-])n1. The Balaban J connectivity index is 1.46. The Kier molecular flexibility index (Phi) is 6.28. The summed E-state index contributed by atoms with van der Waals surface area (Å²) in [5, 5.41) is 15.9. The highest BCUT2D eigenvalue weighted by atomic mass is 32.2. The van der Waals surface area contributed by atoms with Gasteiger partial charge in [0.25, 0.3) is 11.6 Å². The maximum absolute atomic E-state index is 12.5. The normalized spacial score (nSPS) is 11.8. The minimum absolute atomic E-state index is 0.0565. The lowest BCUT2D eigenvalue weighted by Gasteiger charge is -2.13. The van der Waals surface area contributed by atoms with E-state index in [1.54, 1.807) is 0 Å². The number of ether oxygens (including phenoxy) is 1. The van der Waals surface area contributed by atoms with Crippen LogP contribution >= 0.6 is 23.1 Å². The van der Waals surface area contributed by atoms with Crippen LogP contribution in [0.4, 0.5) is 11.5 Å². The van der Waals surface area contributed by atoms with Gasteiger partial charge in [0.1, 0.15) is 11.8 Å². The smallest absolute Gasteiger partial charge is 0.339 e. The molecule has 168 valence electrons. The summed E-state index contributed by atoms with van der Waals surface area (Å²) in [6.07, 6.45) is 1.45. The number of amides is 1. The predicted molar refractivity (Wildman–Crippen MR) is 119 cm³/mol. The molecule has 1 amide bonds. The molecule has 3 aromatic heterocycles. The molecule has 0 spiro atoms. The number of nitro groups is 1. The Morgan fingerprint density at radius 3 is 2.85 bits per heavy atom. The third kappa shape index (κ3) is 4.96. The number of aryl methyl sites for hydroxylation is 1. The highest BCUT2D eigenvalue weighted by Gasteiger charge is 2.24. The number of carbonyl (C=O) groups excluding carboxylic acids is 2. The van der Waals surface area contributed by atoms with Gasteiger partial charge >= 0.3 is 5.97 Å². The number of thiazole rings is 1. The second-order valence-electron chi connectivity index (χ2n) is 6.66. The van der Waals surface area contributed by atoms with Gasteiger partial charge in [-0.15, -0.1) is 11.3 Å². The Morgan fingerprint density at radius 1 is 1.30 bits per heavy atom. The molecule has 0 aliphatic heterocycles. The van der Waals surface area contributed by atoms with E-state index in [4.69, 9.17) is 4.74 Å². The van der Waals surface area contributed by atoms with Gasteiger partial charge in [0.05, 0.1) is 21.7 Å². The fourth-order valence-corrected chi connectivity index (χ4v) is 4.59. The van der Waals surface area contributed by atoms with E-state index in [9.17, 15) is 19.7 Å². The number of nitrogens with one attached hydrogen (secondary N) is 2. The predicted octanol–water partition coefficient (Wildman–Crippen LogP) is 3.36. The molecule has 0 saturated heterocycles. The van der Waals surface area contributed by atoms with Gasteiger partial charge in [-0.3, -0.25) is 14.9 Å². The van der Waals surface area contributed by atoms with Crippen LogP contribution in [0.5, 0.6) is 0 Å². The lowest BCUT2D eigenvalue weighted by Crippen LogP contribution is -2.30. The zero-order valence-electron chi connectivity index (χ0n) is 17.1. The van der Waals surface area contributed by atoms with Gasteiger partial charge in [-0.2, -0.15) is 0 Å². The van der Waals surface area contributed by atoms with Gasteiger partial charge in [0, 0.05) is 17.1 Å². The molecule has 1 atom stereocenters. The fourth-order valence-electron chi connectivity index (χ4n) is 2.71. The van der Waals surface area contributed by atoms with Gasteiger partial charge in [0.2, 0.25) is 0 Å². The largest absolute Gasteiger partial charge is 0.449 e. The van der Waals surface area contributed by atoms with Crippen molar-refractivity contribution in [1.82, 2.24) is 24.9 Å². The second-order valence-corrected chi connectivity index (χ2v) is 8.80. The fraction of sp³-hybridized carbons (Fsp3) is 0.158. The Labute approximate surface area is 194 Å². The van der Waals surface area contributed by atoms with Crippen molar-refractivity contribution < 1.29 is 19.2 Å². The first-order valence-corrected chi connectivity index (χ1v) is 11.1. The number of H-pyrrole nitrogens is 1. The van der Waals surface area contributed by atoms with E-state index in [-0.39, 0.29) is 17.1 Å². The third-order valence-corrected chi connectivity index (χ3v) is 6.43. The first kappa shape index (κ1) is 22.3. The zero-order chi connectivity index (χ0) is 23.5. The number of imidazole rings is 1. The molecule has 3 heterocycles. The topological polar surface area (TPSA) is 166 Å². The molecule has 14 heteroatoms. The number of rotatable bonds is 7. The van der Waals surface area contributed by atoms with Crippen molar-refractivity contribution in [2.75, 3.05) is 5.32 Å². The van der Waals surface area contributed by atoms with Crippen LogP contribution in [0.25, 0.3) is 11.2 Å². The van der Waals surface area contributed by atoms with Crippen molar-refractivity contribution in [3.8, 4) is 0 Å². The van der Waals surface area contributed by atoms with Crippen LogP contribution in [-0.2, 0) is 9.53 Å². The lowest BCUT2D eigenvalue weighted by molar-refractivity contribution is -0.387. The molecule has 0 bridgehead atoms. The van der Waals surface area contributed by atoms with Crippen LogP contribution in [-0.4, -0.2) is 47.8 Å². The van der Waals surface area contributed by atoms with Gasteiger partial charge < -0.3 is 15.0 Å². The molecule has 33 heavy (non-hydrogen) atoms. The number of fused-ring (bicyclic) bond motifs is 1. The first-order valence-electron chi connectivity index (χ1n) is 9.36. The highest BCUT2D eigenvalue weighted by molar-refractivity contribution is 8.01. The van der Waals surface area contributed by atoms with Crippen LogP contribution in [0.15, 0.2) is 45.5 Å². The number of hydrogen-bond acceptors (Lipinski definition) is 11. The maximum atomic E-state index is 12.5. The molecule has 0 radical (unpaired) electrons. The number of hydrogen-bond donors (Lipinski definition) is 2. The third-order valence-electron chi connectivity index (χ3n) is 4.30. The van der Waals surface area contributed by atoms with Crippen molar-refractivity contribution in [2.45, 2.75) is 29.2 Å². The summed E-state index contributed by atoms with van der Waals surface area (Å²) in [5.74, 6) is -1.34. The average molecular weight is 486 g/mol. The van der Waals surface area contributed by atoms with Crippen molar-refractivity contribution in [1.29, 1.82) is 0 Å². The summed E-state index contributed by atoms with van der Waals surface area (Å²) in [6.45, 7) is 3.20. The Hall–Kier alpha value is -3.91. The number of nitrogens with zero attached hydrogens (tertiary/aromatic N) is 5. The zero-order valence-corrected chi connectivity index (χ0v) is 18.8. The molecule has 4 rings (SSSR count). The molecule has 0 fully saturated rings. The van der Waals surface area contributed by atoms with Crippen LogP contribution in [0, 0.1) is 17.0 Å².